The Labute approximate surface area is 116 Å². The molecule has 0 bridgehead atoms. The summed E-state index contributed by atoms with van der Waals surface area (Å²) in [5.74, 6) is 0.728. The molecular formula is C17H35N. The van der Waals surface area contributed by atoms with Crippen molar-refractivity contribution < 1.29 is 0 Å². The van der Waals surface area contributed by atoms with Crippen molar-refractivity contribution in [1.82, 2.24) is 4.90 Å². The van der Waals surface area contributed by atoms with Crippen LogP contribution in [0.1, 0.15) is 71.6 Å². The Morgan fingerprint density at radius 3 is 2.28 bits per heavy atom. The van der Waals surface area contributed by atoms with Gasteiger partial charge in [-0.15, -0.1) is 0 Å². The molecule has 0 saturated carbocycles. The third kappa shape index (κ3) is 10.8. The van der Waals surface area contributed by atoms with Crippen molar-refractivity contribution in [2.45, 2.75) is 71.6 Å². The molecule has 0 aliphatic rings. The third-order valence-electron chi connectivity index (χ3n) is 3.79. The van der Waals surface area contributed by atoms with Crippen molar-refractivity contribution in [1.29, 1.82) is 0 Å². The number of unbranched alkanes of at least 4 members (excludes halogenated alkanes) is 5. The first-order chi connectivity index (χ1) is 8.57. The molecule has 0 N–H and O–H groups in total. The molecule has 0 aromatic carbocycles. The second kappa shape index (κ2) is 11.8. The summed E-state index contributed by atoms with van der Waals surface area (Å²) in [6.45, 7) is 10.1. The van der Waals surface area contributed by atoms with Crippen LogP contribution in [-0.2, 0) is 0 Å². The van der Waals surface area contributed by atoms with E-state index >= 15 is 0 Å². The number of rotatable bonds is 12. The summed E-state index contributed by atoms with van der Waals surface area (Å²) in [6, 6.07) is 0. The molecule has 1 unspecified atom stereocenters. The largest absolute Gasteiger partial charge is 0.309 e. The Kier molecular flexibility index (Phi) is 11.6. The van der Waals surface area contributed by atoms with E-state index in [1.807, 2.05) is 0 Å². The fourth-order valence-corrected chi connectivity index (χ4v) is 2.28. The van der Waals surface area contributed by atoms with E-state index in [4.69, 9.17) is 0 Å². The van der Waals surface area contributed by atoms with Crippen LogP contribution >= 0.6 is 0 Å². The Morgan fingerprint density at radius 2 is 1.67 bits per heavy atom. The van der Waals surface area contributed by atoms with E-state index < -0.39 is 0 Å². The van der Waals surface area contributed by atoms with E-state index in [9.17, 15) is 0 Å². The van der Waals surface area contributed by atoms with Crippen molar-refractivity contribution in [3.8, 4) is 0 Å². The zero-order chi connectivity index (χ0) is 13.8. The van der Waals surface area contributed by atoms with Gasteiger partial charge in [-0.05, 0) is 52.2 Å². The highest BCUT2D eigenvalue weighted by Crippen LogP contribution is 2.21. The van der Waals surface area contributed by atoms with Crippen molar-refractivity contribution in [3.05, 3.63) is 12.2 Å². The summed E-state index contributed by atoms with van der Waals surface area (Å²) in [4.78, 5) is 2.26. The van der Waals surface area contributed by atoms with Gasteiger partial charge < -0.3 is 4.90 Å². The normalized spacial score (nSPS) is 12.9. The average molecular weight is 253 g/mol. The highest BCUT2D eigenvalue weighted by Gasteiger charge is 2.06. The first kappa shape index (κ1) is 17.7. The average Bonchev–Trinajstić information content (AvgIpc) is 2.33. The fourth-order valence-electron chi connectivity index (χ4n) is 2.28. The molecule has 0 radical (unpaired) electrons. The molecule has 18 heavy (non-hydrogen) atoms. The lowest BCUT2D eigenvalue weighted by atomic mass is 9.92. The lowest BCUT2D eigenvalue weighted by Crippen LogP contribution is -2.12. The molecule has 108 valence electrons. The van der Waals surface area contributed by atoms with Crippen molar-refractivity contribution in [2.24, 2.45) is 5.92 Å². The van der Waals surface area contributed by atoms with Gasteiger partial charge in [-0.2, -0.15) is 0 Å². The molecule has 0 heterocycles. The number of hydrogen-bond acceptors (Lipinski definition) is 1. The van der Waals surface area contributed by atoms with Crippen molar-refractivity contribution >= 4 is 0 Å². The molecule has 0 rings (SSSR count). The zero-order valence-corrected chi connectivity index (χ0v) is 13.3. The molecule has 0 aromatic rings. The molecule has 1 heteroatoms. The molecule has 0 aromatic heterocycles. The van der Waals surface area contributed by atoms with Crippen LogP contribution in [-0.4, -0.2) is 25.5 Å². The van der Waals surface area contributed by atoms with Gasteiger partial charge in [0.1, 0.15) is 0 Å². The highest BCUT2D eigenvalue weighted by molar-refractivity contribution is 4.98. The molecule has 0 aliphatic carbocycles. The maximum absolute atomic E-state index is 4.27. The Morgan fingerprint density at radius 1 is 1.00 bits per heavy atom. The van der Waals surface area contributed by atoms with Crippen LogP contribution in [0.3, 0.4) is 0 Å². The Balaban J connectivity index is 3.45. The Hall–Kier alpha value is -0.300. The molecule has 0 fully saturated rings. The smallest absolute Gasteiger partial charge is 0.00247 e. The SMILES string of the molecule is C=C(CCCCN(C)C)C(C)CCCCCCC. The molecular weight excluding hydrogens is 218 g/mol. The minimum Gasteiger partial charge on any atom is -0.309 e. The van der Waals surface area contributed by atoms with Gasteiger partial charge in [0.25, 0.3) is 0 Å². The summed E-state index contributed by atoms with van der Waals surface area (Å²) < 4.78 is 0. The minimum absolute atomic E-state index is 0.728. The monoisotopic (exact) mass is 253 g/mol. The quantitative estimate of drug-likeness (QED) is 0.338. The fraction of sp³-hybridized carbons (Fsp3) is 0.882. The second-order valence-corrected chi connectivity index (χ2v) is 6.02. The summed E-state index contributed by atoms with van der Waals surface area (Å²) in [5.41, 5.74) is 1.48. The van der Waals surface area contributed by atoms with Crippen LogP contribution in [0.5, 0.6) is 0 Å². The van der Waals surface area contributed by atoms with E-state index in [0.29, 0.717) is 0 Å². The van der Waals surface area contributed by atoms with Crippen LogP contribution in [0.2, 0.25) is 0 Å². The molecule has 0 aliphatic heterocycles. The first-order valence-corrected chi connectivity index (χ1v) is 7.90. The number of hydrogen-bond donors (Lipinski definition) is 0. The molecule has 1 atom stereocenters. The third-order valence-corrected chi connectivity index (χ3v) is 3.79. The second-order valence-electron chi connectivity index (χ2n) is 6.02. The van der Waals surface area contributed by atoms with Crippen LogP contribution in [0.25, 0.3) is 0 Å². The van der Waals surface area contributed by atoms with E-state index in [-0.39, 0.29) is 0 Å². The van der Waals surface area contributed by atoms with E-state index in [1.165, 1.54) is 69.9 Å². The Bertz CT molecular complexity index is 196. The molecule has 1 nitrogen and oxygen atoms in total. The predicted octanol–water partition coefficient (Wildman–Crippen LogP) is 5.27. The summed E-state index contributed by atoms with van der Waals surface area (Å²) in [7, 11) is 4.29. The van der Waals surface area contributed by atoms with E-state index in [2.05, 4.69) is 39.4 Å². The van der Waals surface area contributed by atoms with Crippen molar-refractivity contribution in [3.63, 3.8) is 0 Å². The molecule has 0 saturated heterocycles. The topological polar surface area (TPSA) is 3.24 Å². The van der Waals surface area contributed by atoms with Crippen LogP contribution < -0.4 is 0 Å². The van der Waals surface area contributed by atoms with Crippen molar-refractivity contribution in [2.75, 3.05) is 20.6 Å². The summed E-state index contributed by atoms with van der Waals surface area (Å²) in [5, 5.41) is 0. The highest BCUT2D eigenvalue weighted by atomic mass is 15.0. The molecule has 0 spiro atoms. The maximum Gasteiger partial charge on any atom is -0.00247 e. The van der Waals surface area contributed by atoms with Crippen LogP contribution in [0.4, 0.5) is 0 Å². The lowest BCUT2D eigenvalue weighted by Gasteiger charge is -2.15. The van der Waals surface area contributed by atoms with Crippen LogP contribution in [0.15, 0.2) is 12.2 Å². The van der Waals surface area contributed by atoms with Gasteiger partial charge in [0.15, 0.2) is 0 Å². The van der Waals surface area contributed by atoms with Gasteiger partial charge in [-0.25, -0.2) is 0 Å². The van der Waals surface area contributed by atoms with Gasteiger partial charge in [0.2, 0.25) is 0 Å². The van der Waals surface area contributed by atoms with Gasteiger partial charge >= 0.3 is 0 Å². The summed E-state index contributed by atoms with van der Waals surface area (Å²) >= 11 is 0. The van der Waals surface area contributed by atoms with Gasteiger partial charge in [-0.1, -0.05) is 58.1 Å². The molecule has 0 amide bonds. The lowest BCUT2D eigenvalue weighted by molar-refractivity contribution is 0.392. The van der Waals surface area contributed by atoms with E-state index in [1.54, 1.807) is 0 Å². The van der Waals surface area contributed by atoms with Gasteiger partial charge in [0, 0.05) is 0 Å². The van der Waals surface area contributed by atoms with Crippen LogP contribution in [0, 0.1) is 5.92 Å². The zero-order valence-electron chi connectivity index (χ0n) is 13.3. The number of allylic oxidation sites excluding steroid dienone is 1. The summed E-state index contributed by atoms with van der Waals surface area (Å²) in [6.07, 6.45) is 12.1. The first-order valence-electron chi connectivity index (χ1n) is 7.90. The van der Waals surface area contributed by atoms with Gasteiger partial charge in [-0.3, -0.25) is 0 Å². The minimum atomic E-state index is 0.728. The predicted molar refractivity (Wildman–Crippen MR) is 84.1 cm³/mol. The van der Waals surface area contributed by atoms with Gasteiger partial charge in [0.05, 0.1) is 0 Å². The standard InChI is InChI=1S/C17H35N/c1-6-7-8-9-10-13-16(2)17(3)14-11-12-15-18(4)5/h16H,3,6-15H2,1-2,4-5H3. The number of nitrogens with zero attached hydrogens (tertiary/aromatic N) is 1. The van der Waals surface area contributed by atoms with E-state index in [0.717, 1.165) is 5.92 Å². The maximum atomic E-state index is 4.27.